The number of nitrogens with zero attached hydrogens (tertiary/aromatic N) is 5. The van der Waals surface area contributed by atoms with Gasteiger partial charge in [-0.2, -0.15) is 22.0 Å². The fourth-order valence-electron chi connectivity index (χ4n) is 3.81. The molecule has 0 aliphatic heterocycles. The fraction of sp³-hybridized carbons (Fsp3) is 0.250. The van der Waals surface area contributed by atoms with Crippen LogP contribution in [-0.2, 0) is 11.3 Å². The minimum Gasteiger partial charge on any atom is -0.422 e. The van der Waals surface area contributed by atoms with Gasteiger partial charge in [0.15, 0.2) is 0 Å². The van der Waals surface area contributed by atoms with E-state index >= 15 is 0 Å². The smallest absolute Gasteiger partial charge is 0.422 e. The van der Waals surface area contributed by atoms with Crippen LogP contribution < -0.4 is 0 Å². The molecule has 0 aliphatic rings. The summed E-state index contributed by atoms with van der Waals surface area (Å²) >= 11 is 0. The summed E-state index contributed by atoms with van der Waals surface area (Å²) in [5.41, 5.74) is 0.444. The molecule has 0 amide bonds. The number of hydrogen-bond acceptors (Lipinski definition) is 5. The van der Waals surface area contributed by atoms with Crippen LogP contribution in [0.3, 0.4) is 0 Å². The molecule has 4 aromatic heterocycles. The SMILES string of the molecule is CC(C)(C)c1ccc(-c2cc(C(F)(F)C(F)(F)F)nc3c2ccc2nc(-c4nnco4)cn23)cc1. The number of imidazole rings is 1. The van der Waals surface area contributed by atoms with Gasteiger partial charge in [-0.05, 0) is 40.3 Å². The molecule has 0 aliphatic carbocycles. The normalized spacial score (nSPS) is 13.1. The van der Waals surface area contributed by atoms with Crippen molar-refractivity contribution in [1.29, 1.82) is 0 Å². The van der Waals surface area contributed by atoms with Crippen molar-refractivity contribution in [2.45, 2.75) is 38.3 Å². The van der Waals surface area contributed by atoms with Gasteiger partial charge < -0.3 is 4.42 Å². The summed E-state index contributed by atoms with van der Waals surface area (Å²) in [6.45, 7) is 6.05. The van der Waals surface area contributed by atoms with E-state index < -0.39 is 17.8 Å². The maximum absolute atomic E-state index is 14.5. The molecule has 5 aromatic rings. The van der Waals surface area contributed by atoms with Crippen molar-refractivity contribution < 1.29 is 26.4 Å². The molecule has 0 radical (unpaired) electrons. The summed E-state index contributed by atoms with van der Waals surface area (Å²) in [6.07, 6.45) is -3.32. The van der Waals surface area contributed by atoms with Gasteiger partial charge in [0.1, 0.15) is 22.7 Å². The second kappa shape index (κ2) is 7.56. The Hall–Kier alpha value is -3.89. The quantitative estimate of drug-likeness (QED) is 0.270. The summed E-state index contributed by atoms with van der Waals surface area (Å²) < 4.78 is 75.4. The Kier molecular flexibility index (Phi) is 4.94. The van der Waals surface area contributed by atoms with Crippen LogP contribution in [0, 0.1) is 0 Å². The number of benzene rings is 1. The van der Waals surface area contributed by atoms with Gasteiger partial charge in [0.05, 0.1) is 0 Å². The van der Waals surface area contributed by atoms with Gasteiger partial charge in [-0.25, -0.2) is 9.97 Å². The monoisotopic (exact) mass is 487 g/mol. The highest BCUT2D eigenvalue weighted by molar-refractivity contribution is 5.94. The lowest BCUT2D eigenvalue weighted by molar-refractivity contribution is -0.290. The largest absolute Gasteiger partial charge is 0.459 e. The Labute approximate surface area is 195 Å². The first-order chi connectivity index (χ1) is 16.4. The number of halogens is 5. The average molecular weight is 487 g/mol. The van der Waals surface area contributed by atoms with E-state index in [4.69, 9.17) is 4.42 Å². The molecule has 0 saturated carbocycles. The van der Waals surface area contributed by atoms with Crippen LogP contribution in [0.1, 0.15) is 32.0 Å². The second-order valence-electron chi connectivity index (χ2n) is 9.12. The Morgan fingerprint density at radius 1 is 0.886 bits per heavy atom. The van der Waals surface area contributed by atoms with Crippen LogP contribution in [-0.4, -0.2) is 30.7 Å². The van der Waals surface area contributed by atoms with E-state index in [1.807, 2.05) is 32.9 Å². The number of alkyl halides is 5. The molecule has 0 atom stereocenters. The van der Waals surface area contributed by atoms with Crippen LogP contribution in [0.2, 0.25) is 0 Å². The molecular weight excluding hydrogens is 469 g/mol. The highest BCUT2D eigenvalue weighted by atomic mass is 19.4. The Morgan fingerprint density at radius 2 is 1.60 bits per heavy atom. The van der Waals surface area contributed by atoms with Gasteiger partial charge in [0.25, 0.3) is 5.89 Å². The molecule has 0 bridgehead atoms. The summed E-state index contributed by atoms with van der Waals surface area (Å²) in [5.74, 6) is -5.10. The maximum atomic E-state index is 14.5. The van der Waals surface area contributed by atoms with Crippen LogP contribution in [0.4, 0.5) is 22.0 Å². The van der Waals surface area contributed by atoms with Crippen molar-refractivity contribution in [3.63, 3.8) is 0 Å². The lowest BCUT2D eigenvalue weighted by Crippen LogP contribution is -2.34. The molecule has 0 saturated heterocycles. The van der Waals surface area contributed by atoms with Gasteiger partial charge in [-0.3, -0.25) is 4.40 Å². The first-order valence-corrected chi connectivity index (χ1v) is 10.5. The number of fused-ring (bicyclic) bond motifs is 3. The minimum absolute atomic E-state index is 0.0663. The molecule has 11 heteroatoms. The molecule has 0 spiro atoms. The van der Waals surface area contributed by atoms with Crippen LogP contribution in [0.25, 0.3) is 39.4 Å². The Bertz CT molecular complexity index is 1530. The van der Waals surface area contributed by atoms with E-state index in [9.17, 15) is 22.0 Å². The maximum Gasteiger partial charge on any atom is 0.459 e. The molecular formula is C24H18F5N5O. The molecule has 6 nitrogen and oxygen atoms in total. The van der Waals surface area contributed by atoms with Gasteiger partial charge in [0, 0.05) is 11.6 Å². The first-order valence-electron chi connectivity index (χ1n) is 10.5. The van der Waals surface area contributed by atoms with E-state index in [0.717, 1.165) is 18.0 Å². The van der Waals surface area contributed by atoms with Gasteiger partial charge in [0.2, 0.25) is 6.39 Å². The number of pyridine rings is 2. The summed E-state index contributed by atoms with van der Waals surface area (Å²) in [6, 6.07) is 11.0. The minimum atomic E-state index is -5.82. The summed E-state index contributed by atoms with van der Waals surface area (Å²) in [5, 5.41) is 7.71. The lowest BCUT2D eigenvalue weighted by Gasteiger charge is -2.21. The Balaban J connectivity index is 1.80. The third-order valence-corrected chi connectivity index (χ3v) is 5.72. The van der Waals surface area contributed by atoms with Crippen LogP contribution in [0.5, 0.6) is 0 Å². The zero-order valence-corrected chi connectivity index (χ0v) is 18.7. The fourth-order valence-corrected chi connectivity index (χ4v) is 3.81. The zero-order chi connectivity index (χ0) is 25.2. The van der Waals surface area contributed by atoms with Gasteiger partial charge in [-0.15, -0.1) is 10.2 Å². The van der Waals surface area contributed by atoms with Crippen molar-refractivity contribution in [1.82, 2.24) is 24.6 Å². The predicted octanol–water partition coefficient (Wildman–Crippen LogP) is 6.55. The van der Waals surface area contributed by atoms with Crippen molar-refractivity contribution in [2.24, 2.45) is 0 Å². The third-order valence-electron chi connectivity index (χ3n) is 5.72. The molecule has 0 unspecified atom stereocenters. The topological polar surface area (TPSA) is 69.1 Å². The van der Waals surface area contributed by atoms with E-state index in [2.05, 4.69) is 20.2 Å². The molecule has 0 fully saturated rings. The molecule has 180 valence electrons. The molecule has 5 rings (SSSR count). The second-order valence-corrected chi connectivity index (χ2v) is 9.12. The molecule has 4 heterocycles. The summed E-state index contributed by atoms with van der Waals surface area (Å²) in [4.78, 5) is 8.07. The number of rotatable bonds is 3. The summed E-state index contributed by atoms with van der Waals surface area (Å²) in [7, 11) is 0. The van der Waals surface area contributed by atoms with E-state index in [1.54, 1.807) is 24.3 Å². The van der Waals surface area contributed by atoms with Crippen LogP contribution >= 0.6 is 0 Å². The van der Waals surface area contributed by atoms with E-state index in [1.165, 1.54) is 10.6 Å². The third kappa shape index (κ3) is 3.80. The van der Waals surface area contributed by atoms with E-state index in [0.29, 0.717) is 10.9 Å². The van der Waals surface area contributed by atoms with Crippen molar-refractivity contribution in [3.8, 4) is 22.7 Å². The highest BCUT2D eigenvalue weighted by Crippen LogP contribution is 2.45. The lowest BCUT2D eigenvalue weighted by atomic mass is 9.86. The number of aromatic nitrogens is 5. The van der Waals surface area contributed by atoms with E-state index in [-0.39, 0.29) is 33.9 Å². The Morgan fingerprint density at radius 3 is 2.20 bits per heavy atom. The predicted molar refractivity (Wildman–Crippen MR) is 118 cm³/mol. The molecule has 35 heavy (non-hydrogen) atoms. The van der Waals surface area contributed by atoms with Crippen molar-refractivity contribution in [2.75, 3.05) is 0 Å². The average Bonchev–Trinajstić information content (AvgIpc) is 3.47. The zero-order valence-electron chi connectivity index (χ0n) is 18.7. The first kappa shape index (κ1) is 22.9. The highest BCUT2D eigenvalue weighted by Gasteiger charge is 2.60. The molecule has 0 N–H and O–H groups in total. The van der Waals surface area contributed by atoms with Crippen molar-refractivity contribution in [3.05, 3.63) is 66.3 Å². The number of hydrogen-bond donors (Lipinski definition) is 0. The standard InChI is InChI=1S/C24H18F5N5O/c1-22(2,3)14-6-4-13(5-7-14)16-10-18(23(25,26)24(27,28)29)32-20-15(16)8-9-19-31-17(11-34(19)20)21-33-30-12-35-21/h4-12H,1-3H3. The van der Waals surface area contributed by atoms with Crippen LogP contribution in [0.15, 0.2) is 59.5 Å². The van der Waals surface area contributed by atoms with Gasteiger partial charge >= 0.3 is 12.1 Å². The van der Waals surface area contributed by atoms with Crippen molar-refractivity contribution >= 4 is 16.7 Å². The molecule has 1 aromatic carbocycles. The van der Waals surface area contributed by atoms with Gasteiger partial charge in [-0.1, -0.05) is 45.0 Å².